The number of aliphatic carboxylic acids is 1. The Hall–Kier alpha value is -4.86. The van der Waals surface area contributed by atoms with Gasteiger partial charge in [0.05, 0.1) is 6.26 Å². The number of pyridine rings is 1. The maximum Gasteiger partial charge on any atom is 0.352 e. The summed E-state index contributed by atoms with van der Waals surface area (Å²) in [6.07, 6.45) is 5.63. The smallest absolute Gasteiger partial charge is 0.352 e. The average molecular weight is 543 g/mol. The van der Waals surface area contributed by atoms with E-state index in [1.54, 1.807) is 16.8 Å². The number of nitrogens with two attached hydrogens (primary N) is 2. The summed E-state index contributed by atoms with van der Waals surface area (Å²) < 4.78 is 11.9. The number of nitrogens with one attached hydrogen (secondary N) is 1. The van der Waals surface area contributed by atoms with Crippen LogP contribution in [0, 0.1) is 0 Å². The van der Waals surface area contributed by atoms with E-state index in [-0.39, 0.29) is 41.0 Å². The van der Waals surface area contributed by atoms with Crippen molar-refractivity contribution < 1.29 is 42.5 Å². The van der Waals surface area contributed by atoms with E-state index >= 15 is 0 Å². The fraction of sp³-hybridized carbons (Fsp3) is 0.227. The molecule has 0 aliphatic carbocycles. The van der Waals surface area contributed by atoms with Gasteiger partial charge in [-0.1, -0.05) is 5.16 Å². The zero-order valence-electron chi connectivity index (χ0n) is 19.6. The van der Waals surface area contributed by atoms with Crippen LogP contribution in [0.15, 0.2) is 56.2 Å². The number of nitrogens with zero attached hydrogens (tertiary/aromatic N) is 4. The number of carbonyl (C=O) groups excluding carboxylic acids is 3. The van der Waals surface area contributed by atoms with Crippen molar-refractivity contribution in [3.8, 4) is 0 Å². The third-order valence-corrected chi connectivity index (χ3v) is 7.24. The summed E-state index contributed by atoms with van der Waals surface area (Å²) in [5.74, 6) is -3.15. The van der Waals surface area contributed by atoms with Crippen molar-refractivity contribution in [3.63, 3.8) is 0 Å². The zero-order chi connectivity index (χ0) is 27.1. The molecule has 0 bridgehead atoms. The molecule has 38 heavy (non-hydrogen) atoms. The number of carbonyl (C=O) groups is 4. The Labute approximate surface area is 217 Å². The van der Waals surface area contributed by atoms with Crippen LogP contribution in [0.25, 0.3) is 11.0 Å². The van der Waals surface area contributed by atoms with Crippen LogP contribution in [0.4, 0.5) is 6.01 Å². The molecule has 16 heteroatoms. The highest BCUT2D eigenvalue weighted by atomic mass is 32.2. The van der Waals surface area contributed by atoms with Crippen LogP contribution >= 0.6 is 11.8 Å². The maximum absolute atomic E-state index is 13.0. The Morgan fingerprint density at radius 1 is 1.37 bits per heavy atom. The van der Waals surface area contributed by atoms with Gasteiger partial charge in [0.25, 0.3) is 23.7 Å². The molecule has 0 spiro atoms. The second-order valence-corrected chi connectivity index (χ2v) is 9.32. The van der Waals surface area contributed by atoms with E-state index < -0.39 is 35.1 Å². The standard InChI is InChI=1S/C22H19N7O8S/c1-35-27-14(12-7-37-22(24)25-12)18(31)26-15-19(32)29-16(21(33)34)9(8-38-20(15)29)4-28-5-11(17(23)30)10-2-3-36-13(10)6-28/h2-3,5-7,15,20H,4,8H2,1H3,(H5-,23,24,25,26,30,31,33,34)/p+1/b27-14-/t15?,20-/m1/s1. The van der Waals surface area contributed by atoms with E-state index in [4.69, 9.17) is 25.1 Å². The predicted octanol–water partition coefficient (Wildman–Crippen LogP) is -0.821. The first kappa shape index (κ1) is 24.8. The van der Waals surface area contributed by atoms with Crippen LogP contribution in [0.5, 0.6) is 0 Å². The average Bonchev–Trinajstić information content (AvgIpc) is 3.53. The number of furan rings is 1. The number of hydrogen-bond donors (Lipinski definition) is 4. The molecule has 0 radical (unpaired) electrons. The van der Waals surface area contributed by atoms with Crippen molar-refractivity contribution in [1.29, 1.82) is 0 Å². The molecule has 0 aromatic carbocycles. The van der Waals surface area contributed by atoms with Crippen molar-refractivity contribution in [2.45, 2.75) is 18.0 Å². The predicted molar refractivity (Wildman–Crippen MR) is 129 cm³/mol. The van der Waals surface area contributed by atoms with Crippen LogP contribution in [0.3, 0.4) is 0 Å². The summed E-state index contributed by atoms with van der Waals surface area (Å²) >= 11 is 1.27. The van der Waals surface area contributed by atoms with Gasteiger partial charge in [0, 0.05) is 16.7 Å². The fourth-order valence-corrected chi connectivity index (χ4v) is 5.62. The second kappa shape index (κ2) is 9.55. The number of oxazole rings is 1. The number of β-lactam (4-membered cyclic amide) rings is 1. The van der Waals surface area contributed by atoms with Crippen LogP contribution in [-0.4, -0.2) is 68.7 Å². The molecule has 2 atom stereocenters. The molecule has 3 aromatic heterocycles. The number of carboxylic acids is 1. The van der Waals surface area contributed by atoms with Gasteiger partial charge in [0.1, 0.15) is 41.7 Å². The molecule has 0 saturated carbocycles. The number of aromatic nitrogens is 2. The lowest BCUT2D eigenvalue weighted by atomic mass is 10.0. The third kappa shape index (κ3) is 4.19. The van der Waals surface area contributed by atoms with E-state index in [1.165, 1.54) is 31.3 Å². The van der Waals surface area contributed by atoms with Crippen molar-refractivity contribution >= 4 is 58.1 Å². The number of primary amides is 1. The summed E-state index contributed by atoms with van der Waals surface area (Å²) in [7, 11) is 1.23. The lowest BCUT2D eigenvalue weighted by molar-refractivity contribution is -0.688. The molecule has 5 heterocycles. The summed E-state index contributed by atoms with van der Waals surface area (Å²) in [5.41, 5.74) is 11.5. The van der Waals surface area contributed by atoms with Crippen molar-refractivity contribution in [2.75, 3.05) is 18.6 Å². The molecular formula is C22H20N7O8S+. The number of nitrogen functional groups attached to an aromatic ring is 1. The Kier molecular flexibility index (Phi) is 6.23. The largest absolute Gasteiger partial charge is 0.477 e. The fourth-order valence-electron chi connectivity index (χ4n) is 4.28. The number of fused-ring (bicyclic) bond motifs is 2. The minimum atomic E-state index is -1.31. The van der Waals surface area contributed by atoms with E-state index in [2.05, 4.69) is 15.5 Å². The van der Waals surface area contributed by atoms with Gasteiger partial charge >= 0.3 is 5.97 Å². The van der Waals surface area contributed by atoms with E-state index in [9.17, 15) is 24.3 Å². The quantitative estimate of drug-likeness (QED) is 0.119. The van der Waals surface area contributed by atoms with Crippen molar-refractivity contribution in [2.24, 2.45) is 10.9 Å². The van der Waals surface area contributed by atoms with Crippen LogP contribution < -0.4 is 21.4 Å². The second-order valence-electron chi connectivity index (χ2n) is 8.22. The van der Waals surface area contributed by atoms with Crippen LogP contribution in [0.2, 0.25) is 0 Å². The lowest BCUT2D eigenvalue weighted by Gasteiger charge is -2.49. The minimum absolute atomic E-state index is 0.00364. The molecular weight excluding hydrogens is 522 g/mol. The zero-order valence-corrected chi connectivity index (χ0v) is 20.4. The number of carboxylic acid groups (broad SMARTS) is 1. The van der Waals surface area contributed by atoms with Gasteiger partial charge in [0.2, 0.25) is 6.20 Å². The molecule has 6 N–H and O–H groups in total. The first-order valence-corrected chi connectivity index (χ1v) is 12.0. The first-order chi connectivity index (χ1) is 18.2. The Morgan fingerprint density at radius 2 is 2.16 bits per heavy atom. The Morgan fingerprint density at radius 3 is 2.82 bits per heavy atom. The Balaban J connectivity index is 1.39. The highest BCUT2D eigenvalue weighted by Gasteiger charge is 2.55. The minimum Gasteiger partial charge on any atom is -0.477 e. The molecule has 3 amide bonds. The highest BCUT2D eigenvalue weighted by Crippen LogP contribution is 2.40. The molecule has 1 fully saturated rings. The molecule has 2 aliphatic heterocycles. The molecule has 196 valence electrons. The van der Waals surface area contributed by atoms with Crippen molar-refractivity contribution in [1.82, 2.24) is 15.2 Å². The number of rotatable bonds is 8. The van der Waals surface area contributed by atoms with Crippen molar-refractivity contribution in [3.05, 3.63) is 53.5 Å². The number of thioether (sulfide) groups is 1. The van der Waals surface area contributed by atoms with Gasteiger partial charge in [-0.3, -0.25) is 19.3 Å². The molecule has 15 nitrogen and oxygen atoms in total. The molecule has 1 unspecified atom stereocenters. The van der Waals surface area contributed by atoms with Gasteiger partial charge in [-0.15, -0.1) is 11.8 Å². The third-order valence-electron chi connectivity index (χ3n) is 5.90. The molecule has 3 aromatic rings. The van der Waals surface area contributed by atoms with Gasteiger partial charge in [0.15, 0.2) is 24.0 Å². The SMILES string of the molecule is CO/N=C(\C(=O)NC1C(=O)N2C(C(=O)O)=C(C[n+]3cc(C(N)=O)c4ccoc4c3)CS[C@H]12)c1coc(N)n1. The maximum atomic E-state index is 13.0. The van der Waals surface area contributed by atoms with Gasteiger partial charge in [-0.2, -0.15) is 9.55 Å². The van der Waals surface area contributed by atoms with E-state index in [0.717, 1.165) is 11.2 Å². The number of hydrogen-bond acceptors (Lipinski definition) is 11. The van der Waals surface area contributed by atoms with Gasteiger partial charge < -0.3 is 35.6 Å². The number of amides is 3. The summed E-state index contributed by atoms with van der Waals surface area (Å²) in [6, 6.07) is 0.389. The lowest BCUT2D eigenvalue weighted by Crippen LogP contribution is -2.71. The monoisotopic (exact) mass is 542 g/mol. The molecule has 2 aliphatic rings. The van der Waals surface area contributed by atoms with Gasteiger partial charge in [-0.25, -0.2) is 4.79 Å². The number of anilines is 1. The number of oxime groups is 1. The molecule has 5 rings (SSSR count). The summed E-state index contributed by atoms with van der Waals surface area (Å²) in [4.78, 5) is 59.7. The summed E-state index contributed by atoms with van der Waals surface area (Å²) in [5, 5.41) is 16.0. The first-order valence-electron chi connectivity index (χ1n) is 10.9. The van der Waals surface area contributed by atoms with Crippen LogP contribution in [-0.2, 0) is 25.8 Å². The topological polar surface area (TPSA) is 220 Å². The van der Waals surface area contributed by atoms with Gasteiger partial charge in [-0.05, 0) is 6.07 Å². The normalized spacial score (nSPS) is 19.2. The summed E-state index contributed by atoms with van der Waals surface area (Å²) in [6.45, 7) is 0.0529. The highest BCUT2D eigenvalue weighted by molar-refractivity contribution is 8.00. The van der Waals surface area contributed by atoms with Crippen LogP contribution in [0.1, 0.15) is 16.1 Å². The van der Waals surface area contributed by atoms with E-state index in [1.807, 2.05) is 0 Å². The molecule has 1 saturated heterocycles. The van der Waals surface area contributed by atoms with E-state index in [0.29, 0.717) is 16.5 Å². The Bertz CT molecular complexity index is 1560.